The molecule has 0 aromatic heterocycles. The summed E-state index contributed by atoms with van der Waals surface area (Å²) in [7, 11) is 0. The van der Waals surface area contributed by atoms with E-state index in [4.69, 9.17) is 0 Å². The van der Waals surface area contributed by atoms with E-state index in [0.29, 0.717) is 42.0 Å². The molecule has 0 radical (unpaired) electrons. The Morgan fingerprint density at radius 3 is 2.30 bits per heavy atom. The summed E-state index contributed by atoms with van der Waals surface area (Å²) in [5.74, 6) is -5.44. The predicted octanol–water partition coefficient (Wildman–Crippen LogP) is 3.90. The largest absolute Gasteiger partial charge is 0.349 e. The summed E-state index contributed by atoms with van der Waals surface area (Å²) >= 11 is 3.35. The Kier molecular flexibility index (Phi) is 5.84. The fourth-order valence-electron chi connectivity index (χ4n) is 3.00. The van der Waals surface area contributed by atoms with Crippen LogP contribution < -0.4 is 5.32 Å². The molecule has 1 aliphatic rings. The molecule has 1 N–H and O–H groups in total. The summed E-state index contributed by atoms with van der Waals surface area (Å²) in [4.78, 5) is 26.4. The lowest BCUT2D eigenvalue weighted by Crippen LogP contribution is -2.46. The zero-order valence-corrected chi connectivity index (χ0v) is 15.7. The van der Waals surface area contributed by atoms with E-state index in [1.165, 1.54) is 0 Å². The van der Waals surface area contributed by atoms with Gasteiger partial charge < -0.3 is 10.2 Å². The lowest BCUT2D eigenvalue weighted by molar-refractivity contribution is 0.0697. The van der Waals surface area contributed by atoms with Crippen LogP contribution in [0.3, 0.4) is 0 Å². The molecule has 2 aromatic carbocycles. The number of halogens is 4. The maximum absolute atomic E-state index is 13.7. The van der Waals surface area contributed by atoms with Gasteiger partial charge in [-0.05, 0) is 53.0 Å². The number of hydrogen-bond donors (Lipinski definition) is 1. The first-order chi connectivity index (χ1) is 12.9. The van der Waals surface area contributed by atoms with Crippen LogP contribution in [0.25, 0.3) is 0 Å². The highest BCUT2D eigenvalue weighted by Crippen LogP contribution is 2.21. The summed E-state index contributed by atoms with van der Waals surface area (Å²) in [6.07, 6.45) is 0.959. The second kappa shape index (κ2) is 8.12. The number of piperidine rings is 1. The van der Waals surface area contributed by atoms with E-state index in [-0.39, 0.29) is 11.9 Å². The average molecular weight is 441 g/mol. The molecule has 1 saturated heterocycles. The van der Waals surface area contributed by atoms with Crippen LogP contribution in [0.15, 0.2) is 40.9 Å². The average Bonchev–Trinajstić information content (AvgIpc) is 2.66. The van der Waals surface area contributed by atoms with Crippen molar-refractivity contribution in [2.45, 2.75) is 18.9 Å². The van der Waals surface area contributed by atoms with Crippen LogP contribution in [-0.2, 0) is 0 Å². The van der Waals surface area contributed by atoms with Crippen LogP contribution in [0, 0.1) is 17.5 Å². The van der Waals surface area contributed by atoms with Crippen LogP contribution in [0.4, 0.5) is 13.2 Å². The number of likely N-dealkylation sites (tertiary alicyclic amines) is 1. The number of carbonyl (C=O) groups is 2. The van der Waals surface area contributed by atoms with Crippen molar-refractivity contribution in [3.05, 3.63) is 69.4 Å². The minimum atomic E-state index is -1.67. The molecule has 142 valence electrons. The zero-order chi connectivity index (χ0) is 19.6. The van der Waals surface area contributed by atoms with Crippen molar-refractivity contribution in [3.63, 3.8) is 0 Å². The van der Waals surface area contributed by atoms with E-state index in [1.54, 1.807) is 23.1 Å². The van der Waals surface area contributed by atoms with Gasteiger partial charge in [0.25, 0.3) is 11.8 Å². The van der Waals surface area contributed by atoms with Crippen LogP contribution >= 0.6 is 15.9 Å². The first-order valence-electron chi connectivity index (χ1n) is 8.36. The van der Waals surface area contributed by atoms with Crippen molar-refractivity contribution in [3.8, 4) is 0 Å². The van der Waals surface area contributed by atoms with Gasteiger partial charge in [0, 0.05) is 23.6 Å². The van der Waals surface area contributed by atoms with Gasteiger partial charge in [0.2, 0.25) is 0 Å². The van der Waals surface area contributed by atoms with Crippen molar-refractivity contribution >= 4 is 27.7 Å². The fourth-order valence-corrected chi connectivity index (χ4v) is 3.45. The Morgan fingerprint density at radius 2 is 1.63 bits per heavy atom. The van der Waals surface area contributed by atoms with E-state index in [1.807, 2.05) is 6.07 Å². The van der Waals surface area contributed by atoms with E-state index in [0.717, 1.165) is 6.07 Å². The van der Waals surface area contributed by atoms with Crippen molar-refractivity contribution in [1.29, 1.82) is 0 Å². The summed E-state index contributed by atoms with van der Waals surface area (Å²) < 4.78 is 40.7. The van der Waals surface area contributed by atoms with E-state index >= 15 is 0 Å². The molecule has 1 fully saturated rings. The van der Waals surface area contributed by atoms with Gasteiger partial charge in [0.15, 0.2) is 17.5 Å². The molecule has 0 unspecified atom stereocenters. The van der Waals surface area contributed by atoms with Crippen molar-refractivity contribution in [1.82, 2.24) is 10.2 Å². The molecular weight excluding hydrogens is 425 g/mol. The number of amides is 2. The molecule has 2 amide bonds. The van der Waals surface area contributed by atoms with E-state index in [9.17, 15) is 22.8 Å². The Balaban J connectivity index is 1.60. The highest BCUT2D eigenvalue weighted by molar-refractivity contribution is 9.10. The molecule has 1 aliphatic heterocycles. The molecule has 0 aliphatic carbocycles. The van der Waals surface area contributed by atoms with Crippen LogP contribution in [0.1, 0.15) is 33.6 Å². The van der Waals surface area contributed by atoms with Gasteiger partial charge in [-0.1, -0.05) is 12.1 Å². The molecule has 8 heteroatoms. The number of nitrogens with zero attached hydrogens (tertiary/aromatic N) is 1. The van der Waals surface area contributed by atoms with E-state index in [2.05, 4.69) is 21.2 Å². The van der Waals surface area contributed by atoms with Crippen molar-refractivity contribution in [2.24, 2.45) is 0 Å². The summed E-state index contributed by atoms with van der Waals surface area (Å²) in [5.41, 5.74) is 0.0180. The molecule has 0 saturated carbocycles. The highest BCUT2D eigenvalue weighted by atomic mass is 79.9. The SMILES string of the molecule is O=C(NC1CCN(C(=O)c2ccccc2Br)CC1)c1ccc(F)c(F)c1F. The molecule has 1 heterocycles. The van der Waals surface area contributed by atoms with Crippen LogP contribution in [0.5, 0.6) is 0 Å². The smallest absolute Gasteiger partial charge is 0.254 e. The van der Waals surface area contributed by atoms with Gasteiger partial charge in [-0.2, -0.15) is 0 Å². The Labute approximate surface area is 162 Å². The third-order valence-corrected chi connectivity index (χ3v) is 5.19. The Morgan fingerprint density at radius 1 is 0.963 bits per heavy atom. The summed E-state index contributed by atoms with van der Waals surface area (Å²) in [5, 5.41) is 2.62. The second-order valence-corrected chi connectivity index (χ2v) is 7.10. The second-order valence-electron chi connectivity index (χ2n) is 6.24. The first kappa shape index (κ1) is 19.4. The van der Waals surface area contributed by atoms with Gasteiger partial charge in [-0.15, -0.1) is 0 Å². The molecule has 0 bridgehead atoms. The molecule has 0 atom stereocenters. The number of carbonyl (C=O) groups excluding carboxylic acids is 2. The normalized spacial score (nSPS) is 14.9. The monoisotopic (exact) mass is 440 g/mol. The molecule has 4 nitrogen and oxygen atoms in total. The predicted molar refractivity (Wildman–Crippen MR) is 96.8 cm³/mol. The van der Waals surface area contributed by atoms with Crippen LogP contribution in [-0.4, -0.2) is 35.8 Å². The molecule has 2 aromatic rings. The van der Waals surface area contributed by atoms with Gasteiger partial charge in [-0.3, -0.25) is 9.59 Å². The molecule has 3 rings (SSSR count). The lowest BCUT2D eigenvalue weighted by atomic mass is 10.0. The highest BCUT2D eigenvalue weighted by Gasteiger charge is 2.27. The summed E-state index contributed by atoms with van der Waals surface area (Å²) in [6.45, 7) is 0.844. The van der Waals surface area contributed by atoms with Gasteiger partial charge in [-0.25, -0.2) is 13.2 Å². The first-order valence-corrected chi connectivity index (χ1v) is 9.16. The van der Waals surface area contributed by atoms with Crippen molar-refractivity contribution < 1.29 is 22.8 Å². The topological polar surface area (TPSA) is 49.4 Å². The van der Waals surface area contributed by atoms with Gasteiger partial charge >= 0.3 is 0 Å². The molecule has 0 spiro atoms. The van der Waals surface area contributed by atoms with E-state index < -0.39 is 28.9 Å². The quantitative estimate of drug-likeness (QED) is 0.735. The molecule has 27 heavy (non-hydrogen) atoms. The third kappa shape index (κ3) is 4.16. The van der Waals surface area contributed by atoms with Crippen LogP contribution in [0.2, 0.25) is 0 Å². The minimum Gasteiger partial charge on any atom is -0.349 e. The van der Waals surface area contributed by atoms with Gasteiger partial charge in [0.05, 0.1) is 11.1 Å². The maximum Gasteiger partial charge on any atom is 0.254 e. The number of hydrogen-bond acceptors (Lipinski definition) is 2. The van der Waals surface area contributed by atoms with Crippen molar-refractivity contribution in [2.75, 3.05) is 13.1 Å². The summed E-state index contributed by atoms with van der Waals surface area (Å²) in [6, 6.07) is 8.46. The number of rotatable bonds is 3. The number of benzene rings is 2. The maximum atomic E-state index is 13.7. The van der Waals surface area contributed by atoms with Gasteiger partial charge in [0.1, 0.15) is 0 Å². The Hall–Kier alpha value is -2.35. The zero-order valence-electron chi connectivity index (χ0n) is 14.1. The molecular formula is C19H16BrF3N2O2. The fraction of sp³-hybridized carbons (Fsp3) is 0.263. The lowest BCUT2D eigenvalue weighted by Gasteiger charge is -2.32. The Bertz CT molecular complexity index is 883. The number of nitrogens with one attached hydrogen (secondary N) is 1. The minimum absolute atomic E-state index is 0.112. The third-order valence-electron chi connectivity index (χ3n) is 4.50. The standard InChI is InChI=1S/C19H16BrF3N2O2/c20-14-4-2-1-3-12(14)19(27)25-9-7-11(8-10-25)24-18(26)13-5-6-15(21)17(23)16(13)22/h1-6,11H,7-10H2,(H,24,26).